The van der Waals surface area contributed by atoms with Crippen LogP contribution in [0.3, 0.4) is 0 Å². The standard InChI is InChI=1S/C16H26N4/c1-7-9-20(10-8-2)15-17-11-14(13(3)19-15)12-18-16(4,5)6/h1,11,18H,8-10,12H2,2-6H3. The van der Waals surface area contributed by atoms with Crippen LogP contribution in [-0.4, -0.2) is 28.6 Å². The van der Waals surface area contributed by atoms with E-state index in [2.05, 4.69) is 48.9 Å². The van der Waals surface area contributed by atoms with E-state index in [1.165, 1.54) is 0 Å². The quantitative estimate of drug-likeness (QED) is 0.809. The molecule has 0 aromatic carbocycles. The van der Waals surface area contributed by atoms with E-state index < -0.39 is 0 Å². The van der Waals surface area contributed by atoms with Crippen LogP contribution < -0.4 is 10.2 Å². The van der Waals surface area contributed by atoms with Crippen molar-refractivity contribution >= 4 is 5.95 Å². The summed E-state index contributed by atoms with van der Waals surface area (Å²) in [6.45, 7) is 12.8. The summed E-state index contributed by atoms with van der Waals surface area (Å²) in [6, 6.07) is 0. The van der Waals surface area contributed by atoms with Gasteiger partial charge in [-0.3, -0.25) is 0 Å². The summed E-state index contributed by atoms with van der Waals surface area (Å²) in [4.78, 5) is 11.1. The van der Waals surface area contributed by atoms with E-state index in [0.29, 0.717) is 6.54 Å². The first-order valence-electron chi connectivity index (χ1n) is 7.13. The molecule has 1 N–H and O–H groups in total. The molecule has 0 amide bonds. The highest BCUT2D eigenvalue weighted by molar-refractivity contribution is 5.34. The van der Waals surface area contributed by atoms with Gasteiger partial charge in [0, 0.05) is 36.1 Å². The fourth-order valence-electron chi connectivity index (χ4n) is 1.80. The first-order valence-corrected chi connectivity index (χ1v) is 7.13. The van der Waals surface area contributed by atoms with Gasteiger partial charge in [-0.2, -0.15) is 0 Å². The number of anilines is 1. The molecular weight excluding hydrogens is 248 g/mol. The first-order chi connectivity index (χ1) is 9.37. The predicted molar refractivity (Wildman–Crippen MR) is 84.7 cm³/mol. The van der Waals surface area contributed by atoms with Gasteiger partial charge in [-0.15, -0.1) is 6.42 Å². The summed E-state index contributed by atoms with van der Waals surface area (Å²) in [6.07, 6.45) is 8.33. The Morgan fingerprint density at radius 1 is 1.40 bits per heavy atom. The van der Waals surface area contributed by atoms with Crippen molar-refractivity contribution in [3.8, 4) is 12.3 Å². The second-order valence-electron chi connectivity index (χ2n) is 6.01. The second-order valence-corrected chi connectivity index (χ2v) is 6.01. The lowest BCUT2D eigenvalue weighted by atomic mass is 10.1. The average molecular weight is 274 g/mol. The molecule has 0 fully saturated rings. The third kappa shape index (κ3) is 5.18. The van der Waals surface area contributed by atoms with Gasteiger partial charge in [0.25, 0.3) is 0 Å². The number of nitrogens with zero attached hydrogens (tertiary/aromatic N) is 3. The van der Waals surface area contributed by atoms with Gasteiger partial charge in [0.15, 0.2) is 0 Å². The van der Waals surface area contributed by atoms with E-state index in [-0.39, 0.29) is 5.54 Å². The number of rotatable bonds is 6. The first kappa shape index (κ1) is 16.5. The van der Waals surface area contributed by atoms with Crippen molar-refractivity contribution in [2.75, 3.05) is 18.0 Å². The molecule has 0 spiro atoms. The molecule has 1 aromatic heterocycles. The molecule has 20 heavy (non-hydrogen) atoms. The van der Waals surface area contributed by atoms with Gasteiger partial charge in [-0.25, -0.2) is 9.97 Å². The van der Waals surface area contributed by atoms with Gasteiger partial charge >= 0.3 is 0 Å². The van der Waals surface area contributed by atoms with E-state index >= 15 is 0 Å². The lowest BCUT2D eigenvalue weighted by Crippen LogP contribution is -2.35. The zero-order chi connectivity index (χ0) is 15.2. The number of hydrogen-bond acceptors (Lipinski definition) is 4. The highest BCUT2D eigenvalue weighted by atomic mass is 15.2. The van der Waals surface area contributed by atoms with Crippen LogP contribution >= 0.6 is 0 Å². The predicted octanol–water partition coefficient (Wildman–Crippen LogP) is 2.52. The van der Waals surface area contributed by atoms with Gasteiger partial charge in [0.1, 0.15) is 0 Å². The van der Waals surface area contributed by atoms with E-state index in [4.69, 9.17) is 6.42 Å². The van der Waals surface area contributed by atoms with Crippen molar-refractivity contribution in [3.05, 3.63) is 17.5 Å². The maximum absolute atomic E-state index is 5.40. The Morgan fingerprint density at radius 2 is 2.10 bits per heavy atom. The highest BCUT2D eigenvalue weighted by Crippen LogP contribution is 2.12. The van der Waals surface area contributed by atoms with Gasteiger partial charge in [0.2, 0.25) is 5.95 Å². The molecule has 0 aliphatic carbocycles. The number of hydrogen-bond donors (Lipinski definition) is 1. The van der Waals surface area contributed by atoms with Crippen molar-refractivity contribution in [1.82, 2.24) is 15.3 Å². The molecule has 0 saturated heterocycles. The molecule has 0 aliphatic heterocycles. The summed E-state index contributed by atoms with van der Waals surface area (Å²) in [7, 11) is 0. The van der Waals surface area contributed by atoms with E-state index in [0.717, 1.165) is 36.7 Å². The zero-order valence-corrected chi connectivity index (χ0v) is 13.3. The summed E-state index contributed by atoms with van der Waals surface area (Å²) in [5.74, 6) is 3.39. The molecule has 1 heterocycles. The summed E-state index contributed by atoms with van der Waals surface area (Å²) in [5, 5.41) is 3.45. The van der Waals surface area contributed by atoms with Crippen LogP contribution in [0.1, 0.15) is 45.4 Å². The SMILES string of the molecule is C#CCN(CCC)c1ncc(CNC(C)(C)C)c(C)n1. The average Bonchev–Trinajstić information content (AvgIpc) is 2.36. The molecule has 0 aliphatic rings. The summed E-state index contributed by atoms with van der Waals surface area (Å²) < 4.78 is 0. The molecule has 110 valence electrons. The topological polar surface area (TPSA) is 41.1 Å². The van der Waals surface area contributed by atoms with Crippen molar-refractivity contribution < 1.29 is 0 Å². The third-order valence-electron chi connectivity index (χ3n) is 2.94. The minimum atomic E-state index is 0.0861. The van der Waals surface area contributed by atoms with Crippen molar-refractivity contribution in [1.29, 1.82) is 0 Å². The normalized spacial score (nSPS) is 11.2. The molecule has 0 atom stereocenters. The van der Waals surface area contributed by atoms with Crippen LogP contribution in [0.15, 0.2) is 6.20 Å². The number of aryl methyl sites for hydroxylation is 1. The minimum Gasteiger partial charge on any atom is -0.330 e. The van der Waals surface area contributed by atoms with E-state index in [1.807, 2.05) is 18.0 Å². The Kier molecular flexibility index (Phi) is 5.97. The zero-order valence-electron chi connectivity index (χ0n) is 13.3. The monoisotopic (exact) mass is 274 g/mol. The molecule has 0 bridgehead atoms. The van der Waals surface area contributed by atoms with Crippen LogP contribution in [0.25, 0.3) is 0 Å². The smallest absolute Gasteiger partial charge is 0.226 e. The Labute approximate surface area is 123 Å². The van der Waals surface area contributed by atoms with Gasteiger partial charge in [0.05, 0.1) is 6.54 Å². The Bertz CT molecular complexity index is 468. The van der Waals surface area contributed by atoms with Crippen molar-refractivity contribution in [3.63, 3.8) is 0 Å². The maximum Gasteiger partial charge on any atom is 0.226 e. The molecule has 0 unspecified atom stereocenters. The largest absolute Gasteiger partial charge is 0.330 e. The molecule has 1 rings (SSSR count). The second kappa shape index (κ2) is 7.25. The highest BCUT2D eigenvalue weighted by Gasteiger charge is 2.12. The van der Waals surface area contributed by atoms with E-state index in [9.17, 15) is 0 Å². The third-order valence-corrected chi connectivity index (χ3v) is 2.94. The fraction of sp³-hybridized carbons (Fsp3) is 0.625. The molecular formula is C16H26N4. The number of aromatic nitrogens is 2. The van der Waals surface area contributed by atoms with Crippen LogP contribution in [0.2, 0.25) is 0 Å². The van der Waals surface area contributed by atoms with Crippen LogP contribution in [0, 0.1) is 19.3 Å². The van der Waals surface area contributed by atoms with Crippen LogP contribution in [-0.2, 0) is 6.54 Å². The maximum atomic E-state index is 5.40. The van der Waals surface area contributed by atoms with Crippen molar-refractivity contribution in [2.45, 2.75) is 53.1 Å². The van der Waals surface area contributed by atoms with E-state index in [1.54, 1.807) is 0 Å². The van der Waals surface area contributed by atoms with Gasteiger partial charge in [-0.05, 0) is 34.1 Å². The fourth-order valence-corrected chi connectivity index (χ4v) is 1.80. The molecule has 0 radical (unpaired) electrons. The Balaban J connectivity index is 2.83. The summed E-state index contributed by atoms with van der Waals surface area (Å²) in [5.41, 5.74) is 2.22. The van der Waals surface area contributed by atoms with Crippen LogP contribution in [0.4, 0.5) is 5.95 Å². The minimum absolute atomic E-state index is 0.0861. The lowest BCUT2D eigenvalue weighted by Gasteiger charge is -2.22. The van der Waals surface area contributed by atoms with Gasteiger partial charge < -0.3 is 10.2 Å². The van der Waals surface area contributed by atoms with Crippen LogP contribution in [0.5, 0.6) is 0 Å². The molecule has 4 heteroatoms. The number of nitrogens with one attached hydrogen (secondary N) is 1. The number of terminal acetylenes is 1. The molecule has 0 saturated carbocycles. The Hall–Kier alpha value is -1.60. The lowest BCUT2D eigenvalue weighted by molar-refractivity contribution is 0.423. The van der Waals surface area contributed by atoms with Gasteiger partial charge in [-0.1, -0.05) is 12.8 Å². The summed E-state index contributed by atoms with van der Waals surface area (Å²) >= 11 is 0. The van der Waals surface area contributed by atoms with Crippen molar-refractivity contribution in [2.24, 2.45) is 0 Å². The Morgan fingerprint density at radius 3 is 2.60 bits per heavy atom. The molecule has 4 nitrogen and oxygen atoms in total. The molecule has 1 aromatic rings.